The van der Waals surface area contributed by atoms with Crippen LogP contribution in [-0.2, 0) is 6.42 Å². The van der Waals surface area contributed by atoms with Crippen molar-refractivity contribution >= 4 is 0 Å². The maximum absolute atomic E-state index is 9.50. The molecule has 28 heavy (non-hydrogen) atoms. The molecule has 0 spiro atoms. The molecule has 0 atom stereocenters. The van der Waals surface area contributed by atoms with Gasteiger partial charge in [-0.3, -0.25) is 0 Å². The molecule has 0 unspecified atom stereocenters. The van der Waals surface area contributed by atoms with Crippen LogP contribution in [0.5, 0.6) is 5.75 Å². The van der Waals surface area contributed by atoms with Gasteiger partial charge in [0.15, 0.2) is 0 Å². The van der Waals surface area contributed by atoms with Crippen LogP contribution in [0, 0.1) is 17.2 Å². The van der Waals surface area contributed by atoms with Gasteiger partial charge in [0.05, 0.1) is 12.2 Å². The summed E-state index contributed by atoms with van der Waals surface area (Å²) in [5, 5.41) is 9.50. The molecule has 1 saturated carbocycles. The van der Waals surface area contributed by atoms with E-state index in [9.17, 15) is 5.26 Å². The fraction of sp³-hybridized carbons (Fsp3) is 0.500. The van der Waals surface area contributed by atoms with Crippen LogP contribution in [0.25, 0.3) is 11.1 Å². The minimum Gasteiger partial charge on any atom is -0.492 e. The Morgan fingerprint density at radius 2 is 1.71 bits per heavy atom. The second kappa shape index (κ2) is 10.9. The highest BCUT2D eigenvalue weighted by Gasteiger charge is 2.13. The van der Waals surface area contributed by atoms with E-state index in [1.165, 1.54) is 56.9 Å². The summed E-state index contributed by atoms with van der Waals surface area (Å²) in [5.74, 6) is 1.63. The summed E-state index contributed by atoms with van der Waals surface area (Å²) < 4.78 is 5.81. The van der Waals surface area contributed by atoms with Crippen LogP contribution >= 0.6 is 0 Å². The van der Waals surface area contributed by atoms with Crippen molar-refractivity contribution in [3.8, 4) is 22.9 Å². The lowest BCUT2D eigenvalue weighted by Crippen LogP contribution is -2.07. The Labute approximate surface area is 170 Å². The topological polar surface area (TPSA) is 33.0 Å². The smallest absolute Gasteiger partial charge is 0.137 e. The van der Waals surface area contributed by atoms with Gasteiger partial charge in [0.2, 0.25) is 0 Å². The second-order valence-electron chi connectivity index (χ2n) is 8.12. The van der Waals surface area contributed by atoms with Gasteiger partial charge in [0.1, 0.15) is 11.8 Å². The van der Waals surface area contributed by atoms with E-state index in [0.29, 0.717) is 17.9 Å². The molecule has 1 fully saturated rings. The van der Waals surface area contributed by atoms with Crippen molar-refractivity contribution in [2.75, 3.05) is 6.61 Å². The molecule has 0 radical (unpaired) electrons. The molecule has 0 heterocycles. The molecule has 0 saturated heterocycles. The van der Waals surface area contributed by atoms with Gasteiger partial charge in [-0.1, -0.05) is 82.2 Å². The number of aryl methyl sites for hydroxylation is 1. The third-order valence-corrected chi connectivity index (χ3v) is 5.96. The standard InChI is InChI=1S/C26H33NO/c1-2-3-7-18-28-26-17-16-24(19-25(26)20-27)23-14-12-22(13-15-23)11-10-21-8-5-4-6-9-21/h12-17,19,21H,2-11,18H2,1H3. The summed E-state index contributed by atoms with van der Waals surface area (Å²) in [7, 11) is 0. The van der Waals surface area contributed by atoms with Crippen LogP contribution in [0.3, 0.4) is 0 Å². The molecule has 1 aliphatic carbocycles. The zero-order chi connectivity index (χ0) is 19.6. The Bertz CT molecular complexity index is 766. The van der Waals surface area contributed by atoms with Gasteiger partial charge in [-0.15, -0.1) is 0 Å². The Hall–Kier alpha value is -2.27. The largest absolute Gasteiger partial charge is 0.492 e. The lowest BCUT2D eigenvalue weighted by atomic mass is 9.85. The van der Waals surface area contributed by atoms with Crippen molar-refractivity contribution in [3.05, 3.63) is 53.6 Å². The minimum absolute atomic E-state index is 0.621. The number of ether oxygens (including phenoxy) is 1. The molecule has 2 aromatic carbocycles. The highest BCUT2D eigenvalue weighted by atomic mass is 16.5. The molecule has 1 aliphatic rings. The van der Waals surface area contributed by atoms with Gasteiger partial charge < -0.3 is 4.74 Å². The quantitative estimate of drug-likeness (QED) is 0.430. The number of nitriles is 1. The average Bonchev–Trinajstić information content (AvgIpc) is 2.76. The summed E-state index contributed by atoms with van der Waals surface area (Å²) in [6, 6.07) is 17.1. The number of rotatable bonds is 9. The third-order valence-electron chi connectivity index (χ3n) is 5.96. The van der Waals surface area contributed by atoms with Crippen LogP contribution < -0.4 is 4.74 Å². The van der Waals surface area contributed by atoms with Crippen molar-refractivity contribution in [1.82, 2.24) is 0 Å². The second-order valence-corrected chi connectivity index (χ2v) is 8.12. The molecule has 3 rings (SSSR count). The highest BCUT2D eigenvalue weighted by molar-refractivity contribution is 5.67. The van der Waals surface area contributed by atoms with E-state index in [0.717, 1.165) is 29.9 Å². The van der Waals surface area contributed by atoms with E-state index in [-0.39, 0.29) is 0 Å². The van der Waals surface area contributed by atoms with Gasteiger partial charge in [-0.2, -0.15) is 5.26 Å². The molecule has 0 amide bonds. The Balaban J connectivity index is 1.60. The van der Waals surface area contributed by atoms with Gasteiger partial charge in [-0.05, 0) is 54.0 Å². The van der Waals surface area contributed by atoms with Gasteiger partial charge >= 0.3 is 0 Å². The first-order valence-corrected chi connectivity index (χ1v) is 11.1. The lowest BCUT2D eigenvalue weighted by molar-refractivity contribution is 0.305. The fourth-order valence-corrected chi connectivity index (χ4v) is 4.17. The van der Waals surface area contributed by atoms with E-state index in [2.05, 4.69) is 43.3 Å². The first-order valence-electron chi connectivity index (χ1n) is 11.1. The van der Waals surface area contributed by atoms with Crippen LogP contribution in [-0.4, -0.2) is 6.61 Å². The van der Waals surface area contributed by atoms with Crippen LogP contribution in [0.4, 0.5) is 0 Å². The maximum Gasteiger partial charge on any atom is 0.137 e. The normalized spacial score (nSPS) is 14.6. The zero-order valence-corrected chi connectivity index (χ0v) is 17.3. The van der Waals surface area contributed by atoms with Crippen LogP contribution in [0.2, 0.25) is 0 Å². The van der Waals surface area contributed by atoms with Crippen LogP contribution in [0.15, 0.2) is 42.5 Å². The predicted molar refractivity (Wildman–Crippen MR) is 117 cm³/mol. The summed E-state index contributed by atoms with van der Waals surface area (Å²) >= 11 is 0. The first-order chi connectivity index (χ1) is 13.8. The Morgan fingerprint density at radius 3 is 2.43 bits per heavy atom. The monoisotopic (exact) mass is 375 g/mol. The predicted octanol–water partition coefficient (Wildman–Crippen LogP) is 7.31. The summed E-state index contributed by atoms with van der Waals surface area (Å²) in [4.78, 5) is 0. The molecule has 2 heteroatoms. The molecule has 0 N–H and O–H groups in total. The first kappa shape index (κ1) is 20.5. The summed E-state index contributed by atoms with van der Waals surface area (Å²) in [5.41, 5.74) is 4.29. The van der Waals surface area contributed by atoms with Crippen LogP contribution in [0.1, 0.15) is 75.8 Å². The van der Waals surface area contributed by atoms with E-state index in [1.807, 2.05) is 12.1 Å². The fourth-order valence-electron chi connectivity index (χ4n) is 4.17. The molecule has 2 nitrogen and oxygen atoms in total. The van der Waals surface area contributed by atoms with Gasteiger partial charge in [0.25, 0.3) is 0 Å². The number of hydrogen-bond acceptors (Lipinski definition) is 2. The average molecular weight is 376 g/mol. The van der Waals surface area contributed by atoms with Crippen molar-refractivity contribution < 1.29 is 4.74 Å². The van der Waals surface area contributed by atoms with E-state index in [4.69, 9.17) is 4.74 Å². The van der Waals surface area contributed by atoms with Gasteiger partial charge in [0, 0.05) is 0 Å². The van der Waals surface area contributed by atoms with E-state index >= 15 is 0 Å². The SMILES string of the molecule is CCCCCOc1ccc(-c2ccc(CCC3CCCCC3)cc2)cc1C#N. The van der Waals surface area contributed by atoms with E-state index < -0.39 is 0 Å². The number of benzene rings is 2. The van der Waals surface area contributed by atoms with Crippen molar-refractivity contribution in [3.63, 3.8) is 0 Å². The molecular formula is C26H33NO. The number of nitrogens with zero attached hydrogens (tertiary/aromatic N) is 1. The van der Waals surface area contributed by atoms with E-state index in [1.54, 1.807) is 0 Å². The number of hydrogen-bond donors (Lipinski definition) is 0. The summed E-state index contributed by atoms with van der Waals surface area (Å²) in [6.07, 6.45) is 13.0. The third kappa shape index (κ3) is 5.86. The van der Waals surface area contributed by atoms with Crippen molar-refractivity contribution in [2.24, 2.45) is 5.92 Å². The minimum atomic E-state index is 0.621. The molecule has 0 aromatic heterocycles. The number of unbranched alkanes of at least 4 members (excludes halogenated alkanes) is 2. The Kier molecular flexibility index (Phi) is 7.97. The summed E-state index contributed by atoms with van der Waals surface area (Å²) in [6.45, 7) is 2.86. The van der Waals surface area contributed by atoms with Crippen molar-refractivity contribution in [2.45, 2.75) is 71.1 Å². The lowest BCUT2D eigenvalue weighted by Gasteiger charge is -2.21. The zero-order valence-electron chi connectivity index (χ0n) is 17.3. The van der Waals surface area contributed by atoms with Gasteiger partial charge in [-0.25, -0.2) is 0 Å². The maximum atomic E-state index is 9.50. The molecule has 0 bridgehead atoms. The highest BCUT2D eigenvalue weighted by Crippen LogP contribution is 2.29. The Morgan fingerprint density at radius 1 is 0.964 bits per heavy atom. The molecule has 2 aromatic rings. The molecule has 148 valence electrons. The molecular weight excluding hydrogens is 342 g/mol. The molecule has 0 aliphatic heterocycles. The van der Waals surface area contributed by atoms with Crippen molar-refractivity contribution in [1.29, 1.82) is 5.26 Å².